The zero-order valence-corrected chi connectivity index (χ0v) is 6.40. The van der Waals surface area contributed by atoms with Crippen molar-refractivity contribution in [3.05, 3.63) is 23.8 Å². The van der Waals surface area contributed by atoms with Crippen LogP contribution < -0.4 is 9.47 Å². The van der Waals surface area contributed by atoms with Crippen LogP contribution in [0.4, 0.5) is 0 Å². The molecule has 0 amide bonds. The third kappa shape index (κ3) is 1.90. The van der Waals surface area contributed by atoms with Gasteiger partial charge in [0.2, 0.25) is 0 Å². The van der Waals surface area contributed by atoms with E-state index in [2.05, 4.69) is 9.47 Å². The van der Waals surface area contributed by atoms with E-state index in [1.807, 2.05) is 0 Å². The van der Waals surface area contributed by atoms with Crippen LogP contribution in [0, 0.1) is 0 Å². The first kappa shape index (κ1) is 4.00. The van der Waals surface area contributed by atoms with Crippen LogP contribution in [0.2, 0.25) is 0 Å². The SMILES string of the molecule is [2H]C([2H])([2H])Oc1ccc(C(=O)O)cc1OC([2H])([2H])[2H]. The van der Waals surface area contributed by atoms with Crippen molar-refractivity contribution in [1.29, 1.82) is 0 Å². The number of benzene rings is 1. The first-order chi connectivity index (χ1) is 8.48. The van der Waals surface area contributed by atoms with Gasteiger partial charge in [0.15, 0.2) is 11.5 Å². The number of carboxylic acid groups (broad SMARTS) is 1. The van der Waals surface area contributed by atoms with E-state index in [-0.39, 0.29) is 11.3 Å². The molecule has 0 saturated carbocycles. The van der Waals surface area contributed by atoms with Gasteiger partial charge < -0.3 is 14.6 Å². The monoisotopic (exact) mass is 188 g/mol. The Labute approximate surface area is 84.1 Å². The minimum Gasteiger partial charge on any atom is -0.493 e. The second-order valence-electron chi connectivity index (χ2n) is 2.17. The smallest absolute Gasteiger partial charge is 0.335 e. The van der Waals surface area contributed by atoms with Gasteiger partial charge in [-0.1, -0.05) is 0 Å². The molecule has 1 rings (SSSR count). The highest BCUT2D eigenvalue weighted by molar-refractivity contribution is 5.88. The number of aromatic carboxylic acids is 1. The van der Waals surface area contributed by atoms with Gasteiger partial charge in [-0.2, -0.15) is 0 Å². The van der Waals surface area contributed by atoms with Gasteiger partial charge in [-0.25, -0.2) is 4.79 Å². The number of methoxy groups -OCH3 is 2. The Kier molecular flexibility index (Phi) is 1.17. The van der Waals surface area contributed by atoms with E-state index in [1.54, 1.807) is 0 Å². The van der Waals surface area contributed by atoms with Gasteiger partial charge in [0, 0.05) is 0 Å². The quantitative estimate of drug-likeness (QED) is 0.779. The molecule has 0 aliphatic rings. The van der Waals surface area contributed by atoms with E-state index in [1.165, 1.54) is 0 Å². The van der Waals surface area contributed by atoms with Crippen LogP contribution in [-0.4, -0.2) is 25.2 Å². The highest BCUT2D eigenvalue weighted by Crippen LogP contribution is 2.27. The van der Waals surface area contributed by atoms with Crippen molar-refractivity contribution in [1.82, 2.24) is 0 Å². The van der Waals surface area contributed by atoms with E-state index in [9.17, 15) is 4.79 Å². The lowest BCUT2D eigenvalue weighted by molar-refractivity contribution is 0.0696. The largest absolute Gasteiger partial charge is 0.493 e. The fourth-order valence-corrected chi connectivity index (χ4v) is 0.805. The Balaban J connectivity index is 3.19. The summed E-state index contributed by atoms with van der Waals surface area (Å²) in [7, 11) is -5.67. The van der Waals surface area contributed by atoms with E-state index in [0.29, 0.717) is 0 Å². The van der Waals surface area contributed by atoms with Crippen molar-refractivity contribution in [3.63, 3.8) is 0 Å². The summed E-state index contributed by atoms with van der Waals surface area (Å²) in [5, 5.41) is 8.78. The average molecular weight is 188 g/mol. The van der Waals surface area contributed by atoms with Crippen molar-refractivity contribution >= 4 is 5.97 Å². The predicted molar refractivity (Wildman–Crippen MR) is 46.5 cm³/mol. The molecule has 0 aliphatic heterocycles. The standard InChI is InChI=1S/C9H10O4/c1-12-7-4-3-6(9(10)11)5-8(7)13-2/h3-5H,1-2H3,(H,10,11)/i1D3,2D3. The van der Waals surface area contributed by atoms with Gasteiger partial charge in [0.05, 0.1) is 27.9 Å². The van der Waals surface area contributed by atoms with E-state index < -0.39 is 25.8 Å². The Morgan fingerprint density at radius 2 is 2.08 bits per heavy atom. The lowest BCUT2D eigenvalue weighted by Crippen LogP contribution is -1.98. The van der Waals surface area contributed by atoms with Gasteiger partial charge in [0.1, 0.15) is 0 Å². The zero-order valence-electron chi connectivity index (χ0n) is 12.4. The maximum absolute atomic E-state index is 10.8. The van der Waals surface area contributed by atoms with Crippen LogP contribution in [0.15, 0.2) is 18.2 Å². The van der Waals surface area contributed by atoms with Crippen LogP contribution in [0.25, 0.3) is 0 Å². The Morgan fingerprint density at radius 3 is 2.69 bits per heavy atom. The summed E-state index contributed by atoms with van der Waals surface area (Å²) in [5.74, 6) is -2.16. The molecule has 1 aromatic carbocycles. The van der Waals surface area contributed by atoms with Crippen molar-refractivity contribution in [3.8, 4) is 11.5 Å². The van der Waals surface area contributed by atoms with Crippen LogP contribution in [-0.2, 0) is 0 Å². The molecule has 70 valence electrons. The summed E-state index contributed by atoms with van der Waals surface area (Å²) in [6.45, 7) is 0. The Morgan fingerprint density at radius 1 is 1.38 bits per heavy atom. The van der Waals surface area contributed by atoms with Gasteiger partial charge in [-0.3, -0.25) is 0 Å². The second-order valence-corrected chi connectivity index (χ2v) is 2.17. The molecule has 13 heavy (non-hydrogen) atoms. The molecule has 4 heteroatoms. The van der Waals surface area contributed by atoms with Crippen molar-refractivity contribution < 1.29 is 27.6 Å². The molecule has 1 aromatic rings. The normalized spacial score (nSPS) is 18.2. The van der Waals surface area contributed by atoms with E-state index in [0.717, 1.165) is 18.2 Å². The van der Waals surface area contributed by atoms with Crippen LogP contribution >= 0.6 is 0 Å². The topological polar surface area (TPSA) is 55.8 Å². The first-order valence-electron chi connectivity index (χ1n) is 6.23. The molecule has 0 radical (unpaired) electrons. The second kappa shape index (κ2) is 3.80. The fourth-order valence-electron chi connectivity index (χ4n) is 0.805. The molecule has 0 atom stereocenters. The number of rotatable bonds is 3. The predicted octanol–water partition coefficient (Wildman–Crippen LogP) is 1.40. The molecule has 0 bridgehead atoms. The molecule has 0 fully saturated rings. The van der Waals surface area contributed by atoms with Gasteiger partial charge in [-0.05, 0) is 18.2 Å². The highest BCUT2D eigenvalue weighted by Gasteiger charge is 2.08. The number of hydrogen-bond acceptors (Lipinski definition) is 3. The van der Waals surface area contributed by atoms with Gasteiger partial charge in [-0.15, -0.1) is 0 Å². The minimum absolute atomic E-state index is 0.253. The molecule has 0 heterocycles. The molecular formula is C9H10O4. The molecule has 1 N–H and O–H groups in total. The van der Waals surface area contributed by atoms with Gasteiger partial charge >= 0.3 is 5.97 Å². The van der Waals surface area contributed by atoms with Crippen molar-refractivity contribution in [2.75, 3.05) is 14.1 Å². The van der Waals surface area contributed by atoms with Crippen molar-refractivity contribution in [2.24, 2.45) is 0 Å². The van der Waals surface area contributed by atoms with E-state index in [4.69, 9.17) is 13.3 Å². The molecule has 0 spiro atoms. The number of hydrogen-bond donors (Lipinski definition) is 1. The number of ether oxygens (including phenoxy) is 2. The van der Waals surface area contributed by atoms with Crippen LogP contribution in [0.5, 0.6) is 11.5 Å². The van der Waals surface area contributed by atoms with Crippen LogP contribution in [0.3, 0.4) is 0 Å². The molecule has 4 nitrogen and oxygen atoms in total. The zero-order chi connectivity index (χ0) is 14.8. The molecule has 0 aromatic heterocycles. The van der Waals surface area contributed by atoms with Gasteiger partial charge in [0.25, 0.3) is 0 Å². The molecule has 0 saturated heterocycles. The summed E-state index contributed by atoms with van der Waals surface area (Å²) in [6.07, 6.45) is 0. The molecule has 0 aliphatic carbocycles. The lowest BCUT2D eigenvalue weighted by Gasteiger charge is -2.07. The lowest BCUT2D eigenvalue weighted by atomic mass is 10.2. The maximum atomic E-state index is 10.8. The molecule has 0 unspecified atom stereocenters. The summed E-state index contributed by atoms with van der Waals surface area (Å²) < 4.78 is 50.7. The number of carboxylic acids is 1. The highest BCUT2D eigenvalue weighted by atomic mass is 16.5. The van der Waals surface area contributed by atoms with Crippen LogP contribution in [0.1, 0.15) is 18.6 Å². The third-order valence-electron chi connectivity index (χ3n) is 1.41. The summed E-state index contributed by atoms with van der Waals surface area (Å²) in [5.41, 5.74) is -0.253. The summed E-state index contributed by atoms with van der Waals surface area (Å²) >= 11 is 0. The minimum atomic E-state index is -2.86. The molecular weight excluding hydrogens is 172 g/mol. The Bertz CT molecular complexity index is 479. The Hall–Kier alpha value is -1.71. The fraction of sp³-hybridized carbons (Fsp3) is 0.222. The third-order valence-corrected chi connectivity index (χ3v) is 1.41. The summed E-state index contributed by atoms with van der Waals surface area (Å²) in [4.78, 5) is 10.8. The maximum Gasteiger partial charge on any atom is 0.335 e. The van der Waals surface area contributed by atoms with Crippen molar-refractivity contribution in [2.45, 2.75) is 0 Å². The average Bonchev–Trinajstić information content (AvgIpc) is 2.15. The first-order valence-corrected chi connectivity index (χ1v) is 3.23. The summed E-state index contributed by atoms with van der Waals surface area (Å²) in [6, 6.07) is 2.99. The van der Waals surface area contributed by atoms with E-state index >= 15 is 0 Å². The number of carbonyl (C=O) groups is 1.